The summed E-state index contributed by atoms with van der Waals surface area (Å²) in [5.74, 6) is -0.131. The molecule has 146 valence electrons. The van der Waals surface area contributed by atoms with Gasteiger partial charge in [0.05, 0.1) is 4.90 Å². The molecule has 6 heteroatoms. The first-order valence-electron chi connectivity index (χ1n) is 8.96. The number of anilines is 1. The molecular formula is C21H28N2O3S. The second-order valence-corrected chi connectivity index (χ2v) is 9.37. The first-order valence-corrected chi connectivity index (χ1v) is 10.4. The third-order valence-electron chi connectivity index (χ3n) is 4.44. The standard InChI is InChI=1S/C21H28N2O3S/c1-16-8-6-7-9-20(16)27(25,26)22-14-15-23(17(2)24)19-12-10-18(11-13-19)21(3,4)5/h6-13,22H,14-15H2,1-5H3. The molecule has 0 saturated heterocycles. The van der Waals surface area contributed by atoms with E-state index in [1.807, 2.05) is 24.3 Å². The van der Waals surface area contributed by atoms with Gasteiger partial charge in [-0.15, -0.1) is 0 Å². The lowest BCUT2D eigenvalue weighted by Gasteiger charge is -2.24. The second kappa shape index (κ2) is 8.23. The first-order chi connectivity index (χ1) is 12.5. The van der Waals surface area contributed by atoms with Gasteiger partial charge in [-0.3, -0.25) is 4.79 Å². The fraction of sp³-hybridized carbons (Fsp3) is 0.381. The van der Waals surface area contributed by atoms with Crippen molar-refractivity contribution in [3.05, 3.63) is 59.7 Å². The smallest absolute Gasteiger partial charge is 0.240 e. The fourth-order valence-electron chi connectivity index (χ4n) is 2.84. The molecule has 0 heterocycles. The highest BCUT2D eigenvalue weighted by molar-refractivity contribution is 7.89. The van der Waals surface area contributed by atoms with E-state index in [1.54, 1.807) is 36.1 Å². The Hall–Kier alpha value is -2.18. The van der Waals surface area contributed by atoms with Gasteiger partial charge in [-0.1, -0.05) is 51.1 Å². The van der Waals surface area contributed by atoms with Gasteiger partial charge >= 0.3 is 0 Å². The largest absolute Gasteiger partial charge is 0.311 e. The minimum atomic E-state index is -3.61. The van der Waals surface area contributed by atoms with Crippen molar-refractivity contribution in [1.82, 2.24) is 4.72 Å². The summed E-state index contributed by atoms with van der Waals surface area (Å²) in [6.45, 7) is 10.0. The van der Waals surface area contributed by atoms with E-state index in [4.69, 9.17) is 0 Å². The van der Waals surface area contributed by atoms with Crippen molar-refractivity contribution in [3.8, 4) is 0 Å². The van der Waals surface area contributed by atoms with E-state index in [2.05, 4.69) is 25.5 Å². The van der Waals surface area contributed by atoms with Crippen LogP contribution in [0.4, 0.5) is 5.69 Å². The summed E-state index contributed by atoms with van der Waals surface area (Å²) in [5.41, 5.74) is 2.65. The topological polar surface area (TPSA) is 66.5 Å². The Kier molecular flexibility index (Phi) is 6.44. The molecule has 0 spiro atoms. The number of aryl methyl sites for hydroxylation is 1. The molecule has 27 heavy (non-hydrogen) atoms. The molecular weight excluding hydrogens is 360 g/mol. The van der Waals surface area contributed by atoms with Gasteiger partial charge in [0, 0.05) is 25.7 Å². The molecule has 2 aromatic carbocycles. The Labute approximate surface area is 162 Å². The number of hydrogen-bond donors (Lipinski definition) is 1. The summed E-state index contributed by atoms with van der Waals surface area (Å²) in [7, 11) is -3.61. The normalized spacial score (nSPS) is 12.0. The van der Waals surface area contributed by atoms with Gasteiger partial charge < -0.3 is 4.90 Å². The van der Waals surface area contributed by atoms with Gasteiger partial charge in [0.2, 0.25) is 15.9 Å². The number of amides is 1. The predicted octanol–water partition coefficient (Wildman–Crippen LogP) is 3.62. The van der Waals surface area contributed by atoms with E-state index in [9.17, 15) is 13.2 Å². The zero-order valence-electron chi connectivity index (χ0n) is 16.6. The Balaban J connectivity index is 2.09. The molecule has 0 bridgehead atoms. The van der Waals surface area contributed by atoms with Gasteiger partial charge in [0.15, 0.2) is 0 Å². The predicted molar refractivity (Wildman–Crippen MR) is 110 cm³/mol. The molecule has 0 aliphatic rings. The van der Waals surface area contributed by atoms with Crippen molar-refractivity contribution in [2.75, 3.05) is 18.0 Å². The van der Waals surface area contributed by atoms with Crippen molar-refractivity contribution in [2.24, 2.45) is 0 Å². The summed E-state index contributed by atoms with van der Waals surface area (Å²) in [6, 6.07) is 14.6. The molecule has 2 aromatic rings. The molecule has 0 saturated carbocycles. The highest BCUT2D eigenvalue weighted by Gasteiger charge is 2.18. The van der Waals surface area contributed by atoms with Crippen LogP contribution in [0.2, 0.25) is 0 Å². The van der Waals surface area contributed by atoms with Gasteiger partial charge in [0.25, 0.3) is 0 Å². The molecule has 0 atom stereocenters. The average molecular weight is 389 g/mol. The van der Waals surface area contributed by atoms with Crippen LogP contribution in [0.3, 0.4) is 0 Å². The minimum absolute atomic E-state index is 0.0305. The lowest BCUT2D eigenvalue weighted by atomic mass is 9.87. The quantitative estimate of drug-likeness (QED) is 0.822. The van der Waals surface area contributed by atoms with Crippen molar-refractivity contribution in [3.63, 3.8) is 0 Å². The molecule has 0 unspecified atom stereocenters. The third kappa shape index (κ3) is 5.40. The summed E-state index contributed by atoms with van der Waals surface area (Å²) in [5, 5.41) is 0. The van der Waals surface area contributed by atoms with Gasteiger partial charge in [-0.25, -0.2) is 13.1 Å². The van der Waals surface area contributed by atoms with Crippen molar-refractivity contribution in [1.29, 1.82) is 0 Å². The van der Waals surface area contributed by atoms with Crippen LogP contribution in [0.25, 0.3) is 0 Å². The van der Waals surface area contributed by atoms with Crippen LogP contribution in [-0.2, 0) is 20.2 Å². The number of nitrogens with zero attached hydrogens (tertiary/aromatic N) is 1. The summed E-state index contributed by atoms with van der Waals surface area (Å²) >= 11 is 0. The summed E-state index contributed by atoms with van der Waals surface area (Å²) in [6.07, 6.45) is 0. The Bertz CT molecular complexity index is 898. The van der Waals surface area contributed by atoms with Crippen LogP contribution in [0, 0.1) is 6.92 Å². The van der Waals surface area contributed by atoms with E-state index < -0.39 is 10.0 Å². The molecule has 5 nitrogen and oxygen atoms in total. The number of rotatable bonds is 6. The van der Waals surface area contributed by atoms with Crippen molar-refractivity contribution < 1.29 is 13.2 Å². The van der Waals surface area contributed by atoms with Crippen LogP contribution in [-0.4, -0.2) is 27.4 Å². The van der Waals surface area contributed by atoms with Gasteiger partial charge in [-0.2, -0.15) is 0 Å². The lowest BCUT2D eigenvalue weighted by Crippen LogP contribution is -2.37. The first kappa shape index (κ1) is 21.1. The number of carbonyl (C=O) groups is 1. The Morgan fingerprint density at radius 1 is 1.04 bits per heavy atom. The minimum Gasteiger partial charge on any atom is -0.311 e. The van der Waals surface area contributed by atoms with Gasteiger partial charge in [-0.05, 0) is 41.7 Å². The molecule has 2 rings (SSSR count). The van der Waals surface area contributed by atoms with Crippen LogP contribution >= 0.6 is 0 Å². The molecule has 0 aliphatic carbocycles. The average Bonchev–Trinajstić information content (AvgIpc) is 2.58. The molecule has 0 radical (unpaired) electrons. The van der Waals surface area contributed by atoms with Crippen LogP contribution in [0.5, 0.6) is 0 Å². The summed E-state index contributed by atoms with van der Waals surface area (Å²) in [4.78, 5) is 13.9. The maximum Gasteiger partial charge on any atom is 0.240 e. The monoisotopic (exact) mass is 388 g/mol. The van der Waals surface area contributed by atoms with E-state index in [0.29, 0.717) is 5.56 Å². The zero-order chi connectivity index (χ0) is 20.2. The van der Waals surface area contributed by atoms with Crippen molar-refractivity contribution in [2.45, 2.75) is 44.9 Å². The third-order valence-corrected chi connectivity index (χ3v) is 6.06. The van der Waals surface area contributed by atoms with E-state index in [0.717, 1.165) is 5.69 Å². The van der Waals surface area contributed by atoms with Crippen molar-refractivity contribution >= 4 is 21.6 Å². The number of benzene rings is 2. The number of hydrogen-bond acceptors (Lipinski definition) is 3. The number of carbonyl (C=O) groups excluding carboxylic acids is 1. The molecule has 1 amide bonds. The zero-order valence-corrected chi connectivity index (χ0v) is 17.4. The maximum atomic E-state index is 12.5. The molecule has 0 aromatic heterocycles. The number of sulfonamides is 1. The number of nitrogens with one attached hydrogen (secondary N) is 1. The van der Waals surface area contributed by atoms with Crippen LogP contribution in [0.1, 0.15) is 38.8 Å². The Morgan fingerprint density at radius 2 is 1.63 bits per heavy atom. The van der Waals surface area contributed by atoms with E-state index >= 15 is 0 Å². The Morgan fingerprint density at radius 3 is 2.15 bits per heavy atom. The van der Waals surface area contributed by atoms with E-state index in [-0.39, 0.29) is 29.3 Å². The molecule has 0 fully saturated rings. The van der Waals surface area contributed by atoms with Crippen LogP contribution < -0.4 is 9.62 Å². The lowest BCUT2D eigenvalue weighted by molar-refractivity contribution is -0.116. The maximum absolute atomic E-state index is 12.5. The van der Waals surface area contributed by atoms with E-state index in [1.165, 1.54) is 12.5 Å². The summed E-state index contributed by atoms with van der Waals surface area (Å²) < 4.78 is 27.5. The second-order valence-electron chi connectivity index (χ2n) is 7.63. The molecule has 1 N–H and O–H groups in total. The van der Waals surface area contributed by atoms with Gasteiger partial charge in [0.1, 0.15) is 0 Å². The van der Waals surface area contributed by atoms with Crippen LogP contribution in [0.15, 0.2) is 53.4 Å². The highest BCUT2D eigenvalue weighted by Crippen LogP contribution is 2.25. The molecule has 0 aliphatic heterocycles. The fourth-order valence-corrected chi connectivity index (χ4v) is 4.10. The SMILES string of the molecule is CC(=O)N(CCNS(=O)(=O)c1ccccc1C)c1ccc(C(C)(C)C)cc1. The highest BCUT2D eigenvalue weighted by atomic mass is 32.2.